The summed E-state index contributed by atoms with van der Waals surface area (Å²) >= 11 is 0. The summed E-state index contributed by atoms with van der Waals surface area (Å²) in [6.07, 6.45) is -2.71. The molecule has 0 aromatic carbocycles. The molecule has 2 aromatic rings. The van der Waals surface area contributed by atoms with Gasteiger partial charge in [-0.1, -0.05) is 20.8 Å². The summed E-state index contributed by atoms with van der Waals surface area (Å²) in [5.41, 5.74) is 0.207. The van der Waals surface area contributed by atoms with Crippen molar-refractivity contribution < 1.29 is 22.7 Å². The Kier molecular flexibility index (Phi) is 6.14. The van der Waals surface area contributed by atoms with Crippen LogP contribution in [-0.2, 0) is 6.18 Å². The van der Waals surface area contributed by atoms with Crippen LogP contribution in [0.5, 0.6) is 5.75 Å². The fraction of sp³-hybridized carbons (Fsp3) is 0.550. The molecule has 1 saturated heterocycles. The van der Waals surface area contributed by atoms with Crippen molar-refractivity contribution in [3.63, 3.8) is 0 Å². The van der Waals surface area contributed by atoms with Crippen LogP contribution in [0.3, 0.4) is 0 Å². The van der Waals surface area contributed by atoms with Crippen molar-refractivity contribution in [2.24, 2.45) is 11.8 Å². The molecule has 3 heterocycles. The van der Waals surface area contributed by atoms with Crippen molar-refractivity contribution in [1.29, 1.82) is 0 Å². The normalized spacial score (nSPS) is 20.2. The van der Waals surface area contributed by atoms with Crippen molar-refractivity contribution in [2.45, 2.75) is 39.3 Å². The zero-order valence-electron chi connectivity index (χ0n) is 16.7. The molecule has 1 fully saturated rings. The third kappa shape index (κ3) is 5.07. The zero-order chi connectivity index (χ0) is 21.2. The quantitative estimate of drug-likeness (QED) is 0.805. The predicted octanol–water partition coefficient (Wildman–Crippen LogP) is 4.12. The molecule has 6 nitrogen and oxygen atoms in total. The van der Waals surface area contributed by atoms with Gasteiger partial charge in [0.1, 0.15) is 11.4 Å². The van der Waals surface area contributed by atoms with Gasteiger partial charge in [0, 0.05) is 25.2 Å². The van der Waals surface area contributed by atoms with E-state index in [1.165, 1.54) is 12.1 Å². The standard InChI is InChI=1S/C20H25F3N4O2/c1-12(2)15-8-16(26-25-15)19(28)27-9-13(3)7-14(10-27)11-29-17-5-4-6-24-18(17)20(21,22)23/h4-6,8,12-14H,7,9-11H2,1-3H3,(H,25,26)/t13-,14+/m0/s1. The first-order valence-electron chi connectivity index (χ1n) is 9.64. The number of carbonyl (C=O) groups excluding carboxylic acids is 1. The maximum atomic E-state index is 13.1. The maximum Gasteiger partial charge on any atom is 0.437 e. The SMILES string of the molecule is CC(C)c1cc(C(=O)N2C[C@@H](C)C[C@@H](COc3cccnc3C(F)(F)F)C2)[nH]n1. The fourth-order valence-corrected chi connectivity index (χ4v) is 3.61. The number of halogens is 3. The molecule has 1 N–H and O–H groups in total. The molecule has 2 atom stereocenters. The molecular formula is C20H25F3N4O2. The van der Waals surface area contributed by atoms with Crippen LogP contribution in [0.1, 0.15) is 55.0 Å². The van der Waals surface area contributed by atoms with Gasteiger partial charge in [0.05, 0.1) is 12.3 Å². The van der Waals surface area contributed by atoms with Gasteiger partial charge in [-0.3, -0.25) is 9.89 Å². The van der Waals surface area contributed by atoms with Gasteiger partial charge in [-0.2, -0.15) is 18.3 Å². The van der Waals surface area contributed by atoms with Crippen LogP contribution in [-0.4, -0.2) is 45.7 Å². The van der Waals surface area contributed by atoms with Crippen molar-refractivity contribution in [3.05, 3.63) is 41.5 Å². The summed E-state index contributed by atoms with van der Waals surface area (Å²) in [6, 6.07) is 4.43. The van der Waals surface area contributed by atoms with Crippen LogP contribution in [0.25, 0.3) is 0 Å². The lowest BCUT2D eigenvalue weighted by atomic mass is 9.90. The highest BCUT2D eigenvalue weighted by molar-refractivity contribution is 5.92. The molecule has 0 radical (unpaired) electrons. The third-order valence-electron chi connectivity index (χ3n) is 4.97. The number of aromatic amines is 1. The topological polar surface area (TPSA) is 71.1 Å². The van der Waals surface area contributed by atoms with Crippen molar-refractivity contribution in [1.82, 2.24) is 20.1 Å². The second kappa shape index (κ2) is 8.42. The molecule has 0 bridgehead atoms. The number of alkyl halides is 3. The molecule has 1 aliphatic heterocycles. The number of amides is 1. The van der Waals surface area contributed by atoms with Gasteiger partial charge >= 0.3 is 6.18 Å². The van der Waals surface area contributed by atoms with Gasteiger partial charge < -0.3 is 9.64 Å². The Bertz CT molecular complexity index is 850. The summed E-state index contributed by atoms with van der Waals surface area (Å²) < 4.78 is 44.7. The van der Waals surface area contributed by atoms with E-state index in [4.69, 9.17) is 4.74 Å². The number of piperidine rings is 1. The number of carbonyl (C=O) groups is 1. The molecule has 158 valence electrons. The van der Waals surface area contributed by atoms with Gasteiger partial charge in [-0.05, 0) is 36.5 Å². The van der Waals surface area contributed by atoms with Crippen LogP contribution < -0.4 is 4.74 Å². The molecule has 2 aromatic heterocycles. The number of hydrogen-bond acceptors (Lipinski definition) is 4. The van der Waals surface area contributed by atoms with Crippen LogP contribution in [0.15, 0.2) is 24.4 Å². The van der Waals surface area contributed by atoms with E-state index in [2.05, 4.69) is 15.2 Å². The molecule has 3 rings (SSSR count). The van der Waals surface area contributed by atoms with Crippen LogP contribution in [0.4, 0.5) is 13.2 Å². The number of hydrogen-bond donors (Lipinski definition) is 1. The lowest BCUT2D eigenvalue weighted by Crippen LogP contribution is -2.45. The van der Waals surface area contributed by atoms with Gasteiger partial charge in [0.15, 0.2) is 5.69 Å². The van der Waals surface area contributed by atoms with E-state index in [0.717, 1.165) is 18.3 Å². The number of pyridine rings is 1. The number of nitrogens with zero attached hydrogens (tertiary/aromatic N) is 3. The first kappa shape index (κ1) is 21.1. The average molecular weight is 410 g/mol. The number of likely N-dealkylation sites (tertiary alicyclic amines) is 1. The summed E-state index contributed by atoms with van der Waals surface area (Å²) in [7, 11) is 0. The molecule has 9 heteroatoms. The number of aromatic nitrogens is 3. The average Bonchev–Trinajstić information content (AvgIpc) is 3.15. The van der Waals surface area contributed by atoms with Crippen LogP contribution >= 0.6 is 0 Å². The highest BCUT2D eigenvalue weighted by Crippen LogP contribution is 2.34. The Balaban J connectivity index is 1.67. The molecule has 1 aliphatic rings. The van der Waals surface area contributed by atoms with Gasteiger partial charge in [-0.15, -0.1) is 0 Å². The summed E-state index contributed by atoms with van der Waals surface area (Å²) in [5.74, 6) is -0.0950. The Hall–Kier alpha value is -2.58. The fourth-order valence-electron chi connectivity index (χ4n) is 3.61. The second-order valence-electron chi connectivity index (χ2n) is 7.94. The smallest absolute Gasteiger partial charge is 0.437 e. The Labute approximate surface area is 167 Å². The van der Waals surface area contributed by atoms with Crippen molar-refractivity contribution >= 4 is 5.91 Å². The van der Waals surface area contributed by atoms with Crippen molar-refractivity contribution in [3.8, 4) is 5.75 Å². The zero-order valence-corrected chi connectivity index (χ0v) is 16.7. The van der Waals surface area contributed by atoms with Crippen molar-refractivity contribution in [2.75, 3.05) is 19.7 Å². The van der Waals surface area contributed by atoms with Crippen LogP contribution in [0, 0.1) is 11.8 Å². The van der Waals surface area contributed by atoms with E-state index in [0.29, 0.717) is 18.8 Å². The summed E-state index contributed by atoms with van der Waals surface area (Å²) in [4.78, 5) is 18.0. The van der Waals surface area contributed by atoms with E-state index in [1.807, 2.05) is 20.8 Å². The first-order valence-corrected chi connectivity index (χ1v) is 9.64. The molecule has 0 aliphatic carbocycles. The molecule has 29 heavy (non-hydrogen) atoms. The molecule has 0 unspecified atom stereocenters. The van der Waals surface area contributed by atoms with E-state index in [1.54, 1.807) is 11.0 Å². The minimum Gasteiger partial charge on any atom is -0.491 e. The first-order chi connectivity index (χ1) is 13.6. The lowest BCUT2D eigenvalue weighted by molar-refractivity contribution is -0.142. The lowest BCUT2D eigenvalue weighted by Gasteiger charge is -2.36. The predicted molar refractivity (Wildman–Crippen MR) is 101 cm³/mol. The maximum absolute atomic E-state index is 13.1. The highest BCUT2D eigenvalue weighted by atomic mass is 19.4. The number of H-pyrrole nitrogens is 1. The number of rotatable bonds is 5. The highest BCUT2D eigenvalue weighted by Gasteiger charge is 2.37. The minimum atomic E-state index is -4.58. The second-order valence-corrected chi connectivity index (χ2v) is 7.94. The Morgan fingerprint density at radius 1 is 1.38 bits per heavy atom. The van der Waals surface area contributed by atoms with Gasteiger partial charge in [0.2, 0.25) is 0 Å². The van der Waals surface area contributed by atoms with E-state index >= 15 is 0 Å². The van der Waals surface area contributed by atoms with Gasteiger partial charge in [-0.25, -0.2) is 4.98 Å². The molecule has 0 saturated carbocycles. The molecule has 1 amide bonds. The van der Waals surface area contributed by atoms with E-state index < -0.39 is 11.9 Å². The molecule has 0 spiro atoms. The summed E-state index contributed by atoms with van der Waals surface area (Å²) in [5, 5.41) is 6.96. The number of ether oxygens (including phenoxy) is 1. The van der Waals surface area contributed by atoms with E-state index in [-0.39, 0.29) is 36.0 Å². The Morgan fingerprint density at radius 3 is 2.79 bits per heavy atom. The largest absolute Gasteiger partial charge is 0.491 e. The summed E-state index contributed by atoms with van der Waals surface area (Å²) in [6.45, 7) is 7.10. The van der Waals surface area contributed by atoms with Crippen LogP contribution in [0.2, 0.25) is 0 Å². The molecular weight excluding hydrogens is 385 g/mol. The Morgan fingerprint density at radius 2 is 2.14 bits per heavy atom. The minimum absolute atomic E-state index is 0.0727. The van der Waals surface area contributed by atoms with E-state index in [9.17, 15) is 18.0 Å². The third-order valence-corrected chi connectivity index (χ3v) is 4.97. The number of nitrogens with one attached hydrogen (secondary N) is 1. The monoisotopic (exact) mass is 410 g/mol. The van der Waals surface area contributed by atoms with Gasteiger partial charge in [0.25, 0.3) is 5.91 Å².